The van der Waals surface area contributed by atoms with Crippen molar-refractivity contribution in [2.45, 2.75) is 44.6 Å². The lowest BCUT2D eigenvalue weighted by atomic mass is 10.0. The second-order valence-electron chi connectivity index (χ2n) is 9.68. The standard InChI is InChI=1S/C31H31Cl2N5O4/c32-22-12-7-13-23(33)30(22)36-24-14-5-4-9-21(24)19-28(40)35-26(15-2-1-3-17-27(39)38-42)31(41)37-25-16-6-10-20-11-8-18-34-29(20)25/h4-14,16,18,26,36,42H,1-3,15,17,19H2,(H,35,40)(H,37,41)(H,38,39)/t26-/m0/s1. The summed E-state index contributed by atoms with van der Waals surface area (Å²) in [6.07, 6.45) is 3.92. The topological polar surface area (TPSA) is 132 Å². The zero-order valence-electron chi connectivity index (χ0n) is 22.7. The molecule has 0 radical (unpaired) electrons. The number of nitrogens with one attached hydrogen (secondary N) is 4. The molecule has 1 aromatic heterocycles. The highest BCUT2D eigenvalue weighted by Crippen LogP contribution is 2.33. The number of nitrogens with zero attached hydrogens (tertiary/aromatic N) is 1. The quantitative estimate of drug-likeness (QED) is 0.0678. The van der Waals surface area contributed by atoms with Gasteiger partial charge in [0.1, 0.15) is 6.04 Å². The van der Waals surface area contributed by atoms with E-state index in [9.17, 15) is 14.4 Å². The predicted octanol–water partition coefficient (Wildman–Crippen LogP) is 6.41. The number of unbranched alkanes of at least 4 members (excludes halogenated alkanes) is 2. The molecular formula is C31H31Cl2N5O4. The van der Waals surface area contributed by atoms with Crippen molar-refractivity contribution in [3.63, 3.8) is 0 Å². The summed E-state index contributed by atoms with van der Waals surface area (Å²) in [5.41, 5.74) is 4.69. The zero-order valence-corrected chi connectivity index (χ0v) is 24.2. The van der Waals surface area contributed by atoms with Gasteiger partial charge in [-0.1, -0.05) is 78.5 Å². The maximum absolute atomic E-state index is 13.5. The van der Waals surface area contributed by atoms with E-state index in [1.165, 1.54) is 0 Å². The minimum atomic E-state index is -0.832. The minimum absolute atomic E-state index is 0.00151. The molecule has 0 aliphatic carbocycles. The molecule has 11 heteroatoms. The van der Waals surface area contributed by atoms with Crippen LogP contribution in [-0.4, -0.2) is 34.0 Å². The van der Waals surface area contributed by atoms with Crippen LogP contribution in [0.1, 0.15) is 37.7 Å². The number of carbonyl (C=O) groups is 3. The smallest absolute Gasteiger partial charge is 0.247 e. The number of halogens is 2. The van der Waals surface area contributed by atoms with Gasteiger partial charge in [0.15, 0.2) is 0 Å². The molecular weight excluding hydrogens is 577 g/mol. The molecule has 1 atom stereocenters. The van der Waals surface area contributed by atoms with Crippen LogP contribution >= 0.6 is 23.2 Å². The van der Waals surface area contributed by atoms with Crippen LogP contribution in [0.5, 0.6) is 0 Å². The molecule has 5 N–H and O–H groups in total. The summed E-state index contributed by atoms with van der Waals surface area (Å²) in [7, 11) is 0. The average Bonchev–Trinajstić information content (AvgIpc) is 2.99. The molecule has 3 amide bonds. The summed E-state index contributed by atoms with van der Waals surface area (Å²) in [5.74, 6) is -1.18. The molecule has 4 aromatic rings. The van der Waals surface area contributed by atoms with E-state index in [1.807, 2.05) is 48.5 Å². The van der Waals surface area contributed by atoms with Gasteiger partial charge < -0.3 is 16.0 Å². The highest BCUT2D eigenvalue weighted by atomic mass is 35.5. The van der Waals surface area contributed by atoms with Crippen LogP contribution in [0.4, 0.5) is 17.1 Å². The fourth-order valence-corrected chi connectivity index (χ4v) is 5.02. The van der Waals surface area contributed by atoms with Gasteiger partial charge in [0.25, 0.3) is 0 Å². The number of amides is 3. The van der Waals surface area contributed by atoms with Gasteiger partial charge in [0, 0.05) is 23.7 Å². The Kier molecular flexibility index (Phi) is 11.1. The summed E-state index contributed by atoms with van der Waals surface area (Å²) >= 11 is 12.7. The Labute approximate surface area is 253 Å². The summed E-state index contributed by atoms with van der Waals surface area (Å²) < 4.78 is 0. The zero-order chi connectivity index (χ0) is 29.9. The Morgan fingerprint density at radius 2 is 1.52 bits per heavy atom. The highest BCUT2D eigenvalue weighted by molar-refractivity contribution is 6.39. The van der Waals surface area contributed by atoms with Crippen molar-refractivity contribution in [3.8, 4) is 0 Å². The van der Waals surface area contributed by atoms with E-state index in [1.54, 1.807) is 35.9 Å². The first kappa shape index (κ1) is 30.8. The number of pyridine rings is 1. The van der Waals surface area contributed by atoms with E-state index in [-0.39, 0.29) is 24.7 Å². The van der Waals surface area contributed by atoms with E-state index in [0.29, 0.717) is 63.9 Å². The molecule has 0 bridgehead atoms. The first-order valence-electron chi connectivity index (χ1n) is 13.5. The maximum atomic E-state index is 13.5. The van der Waals surface area contributed by atoms with Crippen molar-refractivity contribution < 1.29 is 19.6 Å². The number of hydroxylamine groups is 1. The predicted molar refractivity (Wildman–Crippen MR) is 165 cm³/mol. The maximum Gasteiger partial charge on any atom is 0.247 e. The van der Waals surface area contributed by atoms with E-state index in [0.717, 1.165) is 5.39 Å². The third-order valence-corrected chi connectivity index (χ3v) is 7.28. The number of hydrogen-bond acceptors (Lipinski definition) is 6. The van der Waals surface area contributed by atoms with Crippen LogP contribution in [0, 0.1) is 0 Å². The highest BCUT2D eigenvalue weighted by Gasteiger charge is 2.22. The first-order chi connectivity index (χ1) is 20.4. The van der Waals surface area contributed by atoms with Gasteiger partial charge in [-0.2, -0.15) is 0 Å². The molecule has 0 saturated heterocycles. The molecule has 42 heavy (non-hydrogen) atoms. The third-order valence-electron chi connectivity index (χ3n) is 6.65. The van der Waals surface area contributed by atoms with E-state index < -0.39 is 11.9 Å². The average molecular weight is 609 g/mol. The number of fused-ring (bicyclic) bond motifs is 1. The number of rotatable bonds is 13. The fourth-order valence-electron chi connectivity index (χ4n) is 4.53. The van der Waals surface area contributed by atoms with Crippen LogP contribution in [0.3, 0.4) is 0 Å². The molecule has 0 saturated carbocycles. The Bertz CT molecular complexity index is 1540. The van der Waals surface area contributed by atoms with Gasteiger partial charge in [-0.3, -0.25) is 24.6 Å². The number of benzene rings is 3. The molecule has 0 spiro atoms. The van der Waals surface area contributed by atoms with Crippen LogP contribution in [0.15, 0.2) is 79.0 Å². The van der Waals surface area contributed by atoms with Crippen LogP contribution < -0.4 is 21.4 Å². The number of hydrogen-bond donors (Lipinski definition) is 5. The largest absolute Gasteiger partial charge is 0.353 e. The summed E-state index contributed by atoms with van der Waals surface area (Å²) in [6.45, 7) is 0. The lowest BCUT2D eigenvalue weighted by molar-refractivity contribution is -0.129. The van der Waals surface area contributed by atoms with Crippen molar-refractivity contribution in [2.75, 3.05) is 10.6 Å². The first-order valence-corrected chi connectivity index (χ1v) is 14.3. The van der Waals surface area contributed by atoms with E-state index in [2.05, 4.69) is 20.9 Å². The van der Waals surface area contributed by atoms with Crippen LogP contribution in [0.25, 0.3) is 10.9 Å². The number of carbonyl (C=O) groups excluding carboxylic acids is 3. The SMILES string of the molecule is O=C(CCCCC[C@H](NC(=O)Cc1ccccc1Nc1c(Cl)cccc1Cl)C(=O)Nc1cccc2cccnc12)NO. The molecule has 0 fully saturated rings. The lowest BCUT2D eigenvalue weighted by Crippen LogP contribution is -2.44. The van der Waals surface area contributed by atoms with Crippen molar-refractivity contribution in [2.24, 2.45) is 0 Å². The Hall–Kier alpha value is -4.18. The molecule has 0 unspecified atom stereocenters. The molecule has 4 rings (SSSR count). The van der Waals surface area contributed by atoms with Crippen molar-refractivity contribution in [1.82, 2.24) is 15.8 Å². The molecule has 1 heterocycles. The summed E-state index contributed by atoms with van der Waals surface area (Å²) in [6, 6.07) is 20.9. The monoisotopic (exact) mass is 607 g/mol. The number of anilines is 3. The van der Waals surface area contributed by atoms with E-state index >= 15 is 0 Å². The molecule has 3 aromatic carbocycles. The summed E-state index contributed by atoms with van der Waals surface area (Å²) in [4.78, 5) is 42.4. The van der Waals surface area contributed by atoms with Gasteiger partial charge in [-0.15, -0.1) is 0 Å². The van der Waals surface area contributed by atoms with Gasteiger partial charge >= 0.3 is 0 Å². The Morgan fingerprint density at radius 3 is 2.31 bits per heavy atom. The molecule has 218 valence electrons. The minimum Gasteiger partial charge on any atom is -0.353 e. The van der Waals surface area contributed by atoms with Gasteiger partial charge in [0.2, 0.25) is 17.7 Å². The third kappa shape index (κ3) is 8.42. The normalized spacial score (nSPS) is 11.5. The second-order valence-corrected chi connectivity index (χ2v) is 10.5. The molecule has 9 nitrogen and oxygen atoms in total. The lowest BCUT2D eigenvalue weighted by Gasteiger charge is -2.20. The van der Waals surface area contributed by atoms with Crippen LogP contribution in [-0.2, 0) is 20.8 Å². The van der Waals surface area contributed by atoms with Gasteiger partial charge in [-0.05, 0) is 48.7 Å². The van der Waals surface area contributed by atoms with E-state index in [4.69, 9.17) is 28.4 Å². The number of para-hydroxylation sites is 3. The van der Waals surface area contributed by atoms with Crippen molar-refractivity contribution in [1.29, 1.82) is 0 Å². The Morgan fingerprint density at radius 1 is 0.810 bits per heavy atom. The van der Waals surface area contributed by atoms with Crippen molar-refractivity contribution >= 4 is 68.9 Å². The second kappa shape index (κ2) is 15.2. The van der Waals surface area contributed by atoms with Crippen LogP contribution in [0.2, 0.25) is 10.0 Å². The summed E-state index contributed by atoms with van der Waals surface area (Å²) in [5, 5.41) is 19.5. The molecule has 0 aliphatic rings. The van der Waals surface area contributed by atoms with Gasteiger partial charge in [-0.25, -0.2) is 5.48 Å². The fraction of sp³-hybridized carbons (Fsp3) is 0.226. The van der Waals surface area contributed by atoms with Gasteiger partial charge in [0.05, 0.1) is 33.4 Å². The van der Waals surface area contributed by atoms with Crippen molar-refractivity contribution in [3.05, 3.63) is 94.6 Å². The number of aromatic nitrogens is 1. The Balaban J connectivity index is 1.47. The molecule has 0 aliphatic heterocycles.